The van der Waals surface area contributed by atoms with Gasteiger partial charge in [0.15, 0.2) is 5.84 Å². The number of fused-ring (bicyclic) bond motifs is 1. The van der Waals surface area contributed by atoms with Gasteiger partial charge < -0.3 is 5.73 Å². The van der Waals surface area contributed by atoms with E-state index in [4.69, 9.17) is 5.73 Å². The van der Waals surface area contributed by atoms with Crippen molar-refractivity contribution < 1.29 is 4.79 Å². The van der Waals surface area contributed by atoms with Crippen molar-refractivity contribution >= 4 is 17.6 Å². The molecule has 4 nitrogen and oxygen atoms in total. The van der Waals surface area contributed by atoms with Gasteiger partial charge in [0.2, 0.25) is 0 Å². The molecule has 1 heterocycles. The van der Waals surface area contributed by atoms with Crippen LogP contribution in [0.1, 0.15) is 29.8 Å². The first-order valence-corrected chi connectivity index (χ1v) is 5.16. The fraction of sp³-hybridized carbons (Fsp3) is 0.250. The zero-order valence-corrected chi connectivity index (χ0v) is 9.27. The predicted molar refractivity (Wildman–Crippen MR) is 63.8 cm³/mol. The number of aliphatic imine (C=N–C) groups is 2. The van der Waals surface area contributed by atoms with Gasteiger partial charge in [-0.15, -0.1) is 0 Å². The summed E-state index contributed by atoms with van der Waals surface area (Å²) in [6.07, 6.45) is 0. The Morgan fingerprint density at radius 1 is 1.31 bits per heavy atom. The second kappa shape index (κ2) is 3.89. The van der Waals surface area contributed by atoms with E-state index in [2.05, 4.69) is 9.98 Å². The lowest BCUT2D eigenvalue weighted by Crippen LogP contribution is -2.20. The Hall–Kier alpha value is -1.97. The van der Waals surface area contributed by atoms with Gasteiger partial charge in [0.25, 0.3) is 5.91 Å². The van der Waals surface area contributed by atoms with E-state index in [0.29, 0.717) is 17.2 Å². The topological polar surface area (TPSA) is 67.8 Å². The number of hydrogen-bond acceptors (Lipinski definition) is 2. The summed E-state index contributed by atoms with van der Waals surface area (Å²) in [6.45, 7) is 3.89. The monoisotopic (exact) mass is 215 g/mol. The summed E-state index contributed by atoms with van der Waals surface area (Å²) in [4.78, 5) is 19.6. The Bertz CT molecular complexity index is 501. The van der Waals surface area contributed by atoms with Crippen LogP contribution in [-0.2, 0) is 0 Å². The molecule has 2 N–H and O–H groups in total. The van der Waals surface area contributed by atoms with Gasteiger partial charge in [0.05, 0.1) is 5.56 Å². The second-order valence-corrected chi connectivity index (χ2v) is 3.98. The molecule has 0 unspecified atom stereocenters. The third-order valence-electron chi connectivity index (χ3n) is 2.43. The first-order valence-electron chi connectivity index (χ1n) is 5.16. The van der Waals surface area contributed by atoms with Crippen LogP contribution in [0.4, 0.5) is 0 Å². The highest BCUT2D eigenvalue weighted by atomic mass is 16.1. The normalized spacial score (nSPS) is 15.3. The number of benzene rings is 1. The maximum absolute atomic E-state index is 11.5. The number of amidine groups is 2. The average molecular weight is 215 g/mol. The highest BCUT2D eigenvalue weighted by Gasteiger charge is 2.22. The third kappa shape index (κ3) is 1.74. The van der Waals surface area contributed by atoms with Gasteiger partial charge in [0.1, 0.15) is 5.84 Å². The van der Waals surface area contributed by atoms with E-state index in [-0.39, 0.29) is 11.8 Å². The first-order chi connectivity index (χ1) is 7.59. The van der Waals surface area contributed by atoms with Gasteiger partial charge in [-0.05, 0) is 6.07 Å². The molecule has 0 fully saturated rings. The zero-order valence-electron chi connectivity index (χ0n) is 9.27. The van der Waals surface area contributed by atoms with Gasteiger partial charge in [-0.25, -0.2) is 4.99 Å². The lowest BCUT2D eigenvalue weighted by atomic mass is 10.1. The highest BCUT2D eigenvalue weighted by molar-refractivity contribution is 6.22. The molecule has 0 bridgehead atoms. The van der Waals surface area contributed by atoms with E-state index in [1.807, 2.05) is 32.0 Å². The molecule has 1 amide bonds. The molecule has 2 rings (SSSR count). The Balaban J connectivity index is 2.43. The number of carbonyl (C=O) groups is 1. The smallest absolute Gasteiger partial charge is 0.279 e. The van der Waals surface area contributed by atoms with Gasteiger partial charge >= 0.3 is 0 Å². The van der Waals surface area contributed by atoms with Crippen molar-refractivity contribution in [2.75, 3.05) is 0 Å². The van der Waals surface area contributed by atoms with Crippen LogP contribution in [0.5, 0.6) is 0 Å². The molecule has 1 aliphatic heterocycles. The number of hydrogen-bond donors (Lipinski definition) is 1. The van der Waals surface area contributed by atoms with E-state index >= 15 is 0 Å². The molecular weight excluding hydrogens is 202 g/mol. The Kier molecular flexibility index (Phi) is 2.56. The average Bonchev–Trinajstić information content (AvgIpc) is 2.57. The molecule has 82 valence electrons. The lowest BCUT2D eigenvalue weighted by Gasteiger charge is -2.03. The number of nitrogens with two attached hydrogens (primary N) is 1. The third-order valence-corrected chi connectivity index (χ3v) is 2.43. The number of rotatable bonds is 1. The molecule has 0 aliphatic carbocycles. The molecular formula is C12H13N3O. The molecule has 0 saturated heterocycles. The van der Waals surface area contributed by atoms with E-state index in [1.165, 1.54) is 0 Å². The molecule has 0 saturated carbocycles. The molecule has 1 aliphatic rings. The molecule has 1 aromatic rings. The van der Waals surface area contributed by atoms with Crippen molar-refractivity contribution in [3.05, 3.63) is 35.4 Å². The summed E-state index contributed by atoms with van der Waals surface area (Å²) < 4.78 is 0. The molecule has 0 atom stereocenters. The fourth-order valence-corrected chi connectivity index (χ4v) is 1.42. The summed E-state index contributed by atoms with van der Waals surface area (Å²) in [7, 11) is 0. The standard InChI is InChI=1S/C12H13N3O/c1-7(2)10(13)14-11-8-5-3-4-6-9(8)12(16)15-11/h3-7H,1-2H3,(H2,13,14,15,16). The molecule has 0 radical (unpaired) electrons. The highest BCUT2D eigenvalue weighted by Crippen LogP contribution is 2.19. The minimum absolute atomic E-state index is 0.144. The quantitative estimate of drug-likeness (QED) is 0.571. The van der Waals surface area contributed by atoms with E-state index in [1.54, 1.807) is 6.07 Å². The molecule has 1 aromatic carbocycles. The molecule has 4 heteroatoms. The number of nitrogens with zero attached hydrogens (tertiary/aromatic N) is 2. The summed E-state index contributed by atoms with van der Waals surface area (Å²) in [6, 6.07) is 7.24. The van der Waals surface area contributed by atoms with Crippen LogP contribution in [-0.4, -0.2) is 17.6 Å². The molecule has 0 aromatic heterocycles. The van der Waals surface area contributed by atoms with Crippen molar-refractivity contribution in [2.24, 2.45) is 21.6 Å². The van der Waals surface area contributed by atoms with Gasteiger partial charge in [-0.1, -0.05) is 32.0 Å². The minimum Gasteiger partial charge on any atom is -0.387 e. The lowest BCUT2D eigenvalue weighted by molar-refractivity contribution is 0.101. The van der Waals surface area contributed by atoms with Crippen molar-refractivity contribution in [1.82, 2.24) is 0 Å². The zero-order chi connectivity index (χ0) is 11.7. The van der Waals surface area contributed by atoms with Gasteiger partial charge in [-0.3, -0.25) is 4.79 Å². The number of carbonyl (C=O) groups excluding carboxylic acids is 1. The summed E-state index contributed by atoms with van der Waals surface area (Å²) in [5, 5.41) is 0. The van der Waals surface area contributed by atoms with Crippen LogP contribution in [0.25, 0.3) is 0 Å². The van der Waals surface area contributed by atoms with Crippen LogP contribution >= 0.6 is 0 Å². The predicted octanol–water partition coefficient (Wildman–Crippen LogP) is 1.60. The van der Waals surface area contributed by atoms with Crippen LogP contribution in [0, 0.1) is 5.92 Å². The maximum atomic E-state index is 11.5. The Morgan fingerprint density at radius 3 is 2.56 bits per heavy atom. The van der Waals surface area contributed by atoms with Gasteiger partial charge in [0, 0.05) is 11.5 Å². The van der Waals surface area contributed by atoms with Crippen molar-refractivity contribution in [1.29, 1.82) is 0 Å². The second-order valence-electron chi connectivity index (χ2n) is 3.98. The van der Waals surface area contributed by atoms with E-state index in [9.17, 15) is 4.79 Å². The minimum atomic E-state index is -0.245. The van der Waals surface area contributed by atoms with Crippen LogP contribution in [0.2, 0.25) is 0 Å². The largest absolute Gasteiger partial charge is 0.387 e. The fourth-order valence-electron chi connectivity index (χ4n) is 1.42. The van der Waals surface area contributed by atoms with Crippen molar-refractivity contribution in [3.63, 3.8) is 0 Å². The molecule has 16 heavy (non-hydrogen) atoms. The number of amides is 1. The van der Waals surface area contributed by atoms with Crippen LogP contribution < -0.4 is 5.73 Å². The summed E-state index contributed by atoms with van der Waals surface area (Å²) in [5.41, 5.74) is 7.11. The summed E-state index contributed by atoms with van der Waals surface area (Å²) in [5.74, 6) is 0.812. The van der Waals surface area contributed by atoms with Gasteiger partial charge in [-0.2, -0.15) is 4.99 Å². The maximum Gasteiger partial charge on any atom is 0.279 e. The van der Waals surface area contributed by atoms with Crippen LogP contribution in [0.15, 0.2) is 34.3 Å². The summed E-state index contributed by atoms with van der Waals surface area (Å²) >= 11 is 0. The molecule has 0 spiro atoms. The van der Waals surface area contributed by atoms with E-state index < -0.39 is 0 Å². The van der Waals surface area contributed by atoms with Crippen molar-refractivity contribution in [2.45, 2.75) is 13.8 Å². The van der Waals surface area contributed by atoms with Crippen molar-refractivity contribution in [3.8, 4) is 0 Å². The first kappa shape index (κ1) is 10.5. The van der Waals surface area contributed by atoms with Crippen LogP contribution in [0.3, 0.4) is 0 Å². The SMILES string of the molecule is CC(C)C(N)=NC1=NC(=O)c2ccccc21. The van der Waals surface area contributed by atoms with E-state index in [0.717, 1.165) is 5.56 Å². The Morgan fingerprint density at radius 2 is 1.94 bits per heavy atom. The Labute approximate surface area is 93.9 Å².